The first kappa shape index (κ1) is 36.7. The Balaban J connectivity index is 1.35. The Morgan fingerprint density at radius 3 is 1.98 bits per heavy atom. The van der Waals surface area contributed by atoms with Gasteiger partial charge in [0.2, 0.25) is 11.8 Å². The van der Waals surface area contributed by atoms with Crippen LogP contribution in [0.4, 0.5) is 0 Å². The monoisotopic (exact) mass is 711 g/mol. The number of piperidine rings is 1. The lowest BCUT2D eigenvalue weighted by molar-refractivity contribution is 0.383. The van der Waals surface area contributed by atoms with Crippen molar-refractivity contribution in [1.82, 2.24) is 35.9 Å². The molecule has 1 aliphatic heterocycles. The molecule has 1 aliphatic rings. The first-order valence-corrected chi connectivity index (χ1v) is 17.3. The number of nitrogens with one attached hydrogen (secondary N) is 3. The van der Waals surface area contributed by atoms with Gasteiger partial charge in [-0.25, -0.2) is 9.97 Å². The molecular formula is C39H43Cl2N7O2. The van der Waals surface area contributed by atoms with E-state index in [0.29, 0.717) is 75.7 Å². The van der Waals surface area contributed by atoms with Crippen molar-refractivity contribution < 1.29 is 9.47 Å². The fraction of sp³-hybridized carbons (Fsp3) is 0.282. The maximum atomic E-state index is 7.08. The van der Waals surface area contributed by atoms with Crippen molar-refractivity contribution in [1.29, 1.82) is 0 Å². The van der Waals surface area contributed by atoms with Crippen LogP contribution in [-0.4, -0.2) is 53.3 Å². The molecule has 0 unspecified atom stereocenters. The lowest BCUT2D eigenvalue weighted by Crippen LogP contribution is -2.40. The van der Waals surface area contributed by atoms with Crippen LogP contribution in [0.2, 0.25) is 10.0 Å². The van der Waals surface area contributed by atoms with Gasteiger partial charge in [0.05, 0.1) is 48.0 Å². The minimum absolute atomic E-state index is 0.351. The Kier molecular flexibility index (Phi) is 13.2. The number of allylic oxidation sites excluding steroid dienone is 4. The number of aromatic nitrogens is 4. The van der Waals surface area contributed by atoms with Gasteiger partial charge in [0.25, 0.3) is 0 Å². The zero-order valence-electron chi connectivity index (χ0n) is 28.7. The molecule has 4 aromatic rings. The van der Waals surface area contributed by atoms with Crippen molar-refractivity contribution in [2.75, 3.05) is 27.3 Å². The van der Waals surface area contributed by atoms with Crippen molar-refractivity contribution >= 4 is 23.2 Å². The van der Waals surface area contributed by atoms with Gasteiger partial charge < -0.3 is 25.4 Å². The summed E-state index contributed by atoms with van der Waals surface area (Å²) in [4.78, 5) is 18.9. The molecule has 0 bridgehead atoms. The Hall–Kier alpha value is -4.54. The highest BCUT2D eigenvalue weighted by Gasteiger charge is 2.20. The highest BCUT2D eigenvalue weighted by molar-refractivity contribution is 6.39. The highest BCUT2D eigenvalue weighted by Crippen LogP contribution is 2.42. The second-order valence-corrected chi connectivity index (χ2v) is 12.6. The van der Waals surface area contributed by atoms with Crippen LogP contribution in [0.15, 0.2) is 97.5 Å². The second-order valence-electron chi connectivity index (χ2n) is 11.8. The Morgan fingerprint density at radius 1 is 0.900 bits per heavy atom. The summed E-state index contributed by atoms with van der Waals surface area (Å²) in [6.45, 7) is 12.3. The summed E-state index contributed by atoms with van der Waals surface area (Å²) < 4.78 is 11.3. The van der Waals surface area contributed by atoms with E-state index in [1.807, 2.05) is 67.6 Å². The third kappa shape index (κ3) is 8.97. The molecular weight excluding hydrogens is 669 g/mol. The van der Waals surface area contributed by atoms with E-state index in [9.17, 15) is 0 Å². The number of methoxy groups -OCH3 is 2. The largest absolute Gasteiger partial charge is 0.480 e. The summed E-state index contributed by atoms with van der Waals surface area (Å²) in [6.07, 6.45) is 14.5. The number of halogens is 2. The van der Waals surface area contributed by atoms with Gasteiger partial charge >= 0.3 is 0 Å². The van der Waals surface area contributed by atoms with E-state index >= 15 is 0 Å². The Labute approximate surface area is 304 Å². The highest BCUT2D eigenvalue weighted by atomic mass is 35.5. The fourth-order valence-electron chi connectivity index (χ4n) is 5.76. The Bertz CT molecular complexity index is 1890. The number of rotatable bonds is 15. The third-order valence-corrected chi connectivity index (χ3v) is 9.17. The predicted molar refractivity (Wildman–Crippen MR) is 203 cm³/mol. The average Bonchev–Trinajstić information content (AvgIpc) is 3.13. The van der Waals surface area contributed by atoms with E-state index < -0.39 is 0 Å². The molecule has 0 spiro atoms. The van der Waals surface area contributed by atoms with E-state index in [0.717, 1.165) is 53.9 Å². The number of hydrogen-bond donors (Lipinski definition) is 3. The molecule has 260 valence electrons. The summed E-state index contributed by atoms with van der Waals surface area (Å²) in [5.74, 6) is 0.853. The minimum Gasteiger partial charge on any atom is -0.480 e. The summed E-state index contributed by atoms with van der Waals surface area (Å²) in [5, 5.41) is 11.3. The molecule has 50 heavy (non-hydrogen) atoms. The lowest BCUT2D eigenvalue weighted by atomic mass is 9.98. The molecule has 11 heteroatoms. The summed E-state index contributed by atoms with van der Waals surface area (Å²) in [6, 6.07) is 11.8. The maximum Gasteiger partial charge on any atom is 0.237 e. The molecule has 2 aromatic heterocycles. The maximum absolute atomic E-state index is 7.08. The van der Waals surface area contributed by atoms with Gasteiger partial charge in [-0.2, -0.15) is 0 Å². The first-order valence-electron chi connectivity index (χ1n) is 16.5. The predicted octanol–water partition coefficient (Wildman–Crippen LogP) is 8.12. The molecule has 1 fully saturated rings. The molecule has 3 N–H and O–H groups in total. The number of benzene rings is 2. The number of nitrogens with zero attached hydrogens (tertiary/aromatic N) is 4. The Morgan fingerprint density at radius 2 is 1.46 bits per heavy atom. The average molecular weight is 713 g/mol. The van der Waals surface area contributed by atoms with Gasteiger partial charge in [0, 0.05) is 60.2 Å². The van der Waals surface area contributed by atoms with Crippen LogP contribution in [0.25, 0.3) is 33.6 Å². The van der Waals surface area contributed by atoms with Gasteiger partial charge in [0.15, 0.2) is 0 Å². The van der Waals surface area contributed by atoms with E-state index in [-0.39, 0.29) is 0 Å². The van der Waals surface area contributed by atoms with E-state index in [4.69, 9.17) is 47.6 Å². The molecule has 0 amide bonds. The number of hydrogen-bond acceptors (Lipinski definition) is 9. The van der Waals surface area contributed by atoms with E-state index in [1.54, 1.807) is 26.6 Å². The van der Waals surface area contributed by atoms with E-state index in [1.165, 1.54) is 0 Å². The van der Waals surface area contributed by atoms with Gasteiger partial charge in [-0.15, -0.1) is 0 Å². The normalized spacial score (nSPS) is 14.9. The van der Waals surface area contributed by atoms with Crippen LogP contribution in [-0.2, 0) is 13.1 Å². The van der Waals surface area contributed by atoms with Crippen molar-refractivity contribution in [2.45, 2.75) is 45.3 Å². The van der Waals surface area contributed by atoms with Gasteiger partial charge in [-0.3, -0.25) is 9.97 Å². The molecule has 1 atom stereocenters. The standard InChI is InChI=1S/C39H43Cl2N7O2/c1-6-8-13-26(7-2)19-42-21-34-38(49-4)47-32(23-44-34)30-17-10-15-28(36(30)40)29-16-11-18-31(37(29)41)33-24-45-35(39(48-33)50-5)22-43-20-27-14-9-12-25(3)46-27/h6-8,10-11,13,15-18,23-24,27,42-43,46H,2-3,9,12,14,19-22H2,1,4-5H3/b8-6-,26-13+/t27-/m0/s1. The minimum atomic E-state index is 0.351. The smallest absolute Gasteiger partial charge is 0.237 e. The topological polar surface area (TPSA) is 106 Å². The van der Waals surface area contributed by atoms with Gasteiger partial charge in [-0.1, -0.05) is 97.1 Å². The van der Waals surface area contributed by atoms with Crippen LogP contribution in [0, 0.1) is 0 Å². The molecule has 2 aromatic carbocycles. The molecule has 5 rings (SSSR count). The van der Waals surface area contributed by atoms with Gasteiger partial charge in [0.1, 0.15) is 11.4 Å². The molecule has 3 heterocycles. The third-order valence-electron chi connectivity index (χ3n) is 8.36. The quantitative estimate of drug-likeness (QED) is 0.105. The van der Waals surface area contributed by atoms with Crippen molar-refractivity contribution in [3.05, 3.63) is 119 Å². The summed E-state index contributed by atoms with van der Waals surface area (Å²) in [7, 11) is 3.17. The molecule has 1 saturated heterocycles. The number of ether oxygens (including phenoxy) is 2. The molecule has 9 nitrogen and oxygen atoms in total. The van der Waals surface area contributed by atoms with Gasteiger partial charge in [-0.05, 0) is 31.8 Å². The fourth-order valence-corrected chi connectivity index (χ4v) is 6.40. The van der Waals surface area contributed by atoms with Crippen molar-refractivity contribution in [2.24, 2.45) is 0 Å². The van der Waals surface area contributed by atoms with Crippen LogP contribution >= 0.6 is 23.2 Å². The van der Waals surface area contributed by atoms with Crippen molar-refractivity contribution in [3.63, 3.8) is 0 Å². The summed E-state index contributed by atoms with van der Waals surface area (Å²) in [5.41, 5.74) is 7.61. The SMILES string of the molecule is C=C/C(=C\C=C/C)CNCc1ncc(-c2cccc(-c3cccc(-c4cnc(CNC[C@@H]5CCCC(=C)N5)c(OC)n4)c3Cl)c2Cl)nc1OC. The van der Waals surface area contributed by atoms with Crippen LogP contribution < -0.4 is 25.4 Å². The molecule has 0 saturated carbocycles. The van der Waals surface area contributed by atoms with Crippen LogP contribution in [0.1, 0.15) is 37.6 Å². The molecule has 0 radical (unpaired) electrons. The second kappa shape index (κ2) is 17.9. The van der Waals surface area contributed by atoms with E-state index in [2.05, 4.69) is 34.1 Å². The zero-order chi connectivity index (χ0) is 35.5. The van der Waals surface area contributed by atoms with Crippen LogP contribution in [0.5, 0.6) is 11.8 Å². The first-order chi connectivity index (χ1) is 24.4. The zero-order valence-corrected chi connectivity index (χ0v) is 30.2. The van der Waals surface area contributed by atoms with Crippen molar-refractivity contribution in [3.8, 4) is 45.4 Å². The van der Waals surface area contributed by atoms with Crippen LogP contribution in [0.3, 0.4) is 0 Å². The summed E-state index contributed by atoms with van der Waals surface area (Å²) >= 11 is 14.2. The lowest BCUT2D eigenvalue weighted by Gasteiger charge is -2.26. The molecule has 0 aliphatic carbocycles.